The Hall–Kier alpha value is -2.04. The number of amides is 1. The Bertz CT molecular complexity index is 1010. The van der Waals surface area contributed by atoms with Gasteiger partial charge in [-0.25, -0.2) is 0 Å². The van der Waals surface area contributed by atoms with E-state index in [1.165, 1.54) is 18.3 Å². The second-order valence-corrected chi connectivity index (χ2v) is 8.47. The number of carbonyl (C=O) groups excluding carboxylic acids is 1. The second kappa shape index (κ2) is 8.76. The maximum absolute atomic E-state index is 12.9. The fourth-order valence-electron chi connectivity index (χ4n) is 2.47. The molecule has 1 aliphatic heterocycles. The largest absolute Gasteiger partial charge is 0.507 e. The molecule has 0 spiro atoms. The predicted molar refractivity (Wildman–Crippen MR) is 111 cm³/mol. The van der Waals surface area contributed by atoms with Gasteiger partial charge in [-0.1, -0.05) is 39.3 Å². The summed E-state index contributed by atoms with van der Waals surface area (Å²) >= 11 is 10.3. The highest BCUT2D eigenvalue weighted by molar-refractivity contribution is 9.10. The van der Waals surface area contributed by atoms with Crippen LogP contribution in [0.1, 0.15) is 16.7 Å². The van der Waals surface area contributed by atoms with Crippen LogP contribution in [-0.2, 0) is 17.4 Å². The minimum absolute atomic E-state index is 0.00834. The van der Waals surface area contributed by atoms with Crippen LogP contribution in [0.5, 0.6) is 5.75 Å². The van der Waals surface area contributed by atoms with E-state index in [9.17, 15) is 23.1 Å². The molecular formula is C18H12BrClF3N3O2S. The Labute approximate surface area is 181 Å². The minimum Gasteiger partial charge on any atom is -0.507 e. The van der Waals surface area contributed by atoms with E-state index in [1.807, 2.05) is 0 Å². The van der Waals surface area contributed by atoms with Crippen LogP contribution in [0.2, 0.25) is 5.02 Å². The van der Waals surface area contributed by atoms with Gasteiger partial charge in [-0.15, -0.1) is 5.10 Å². The van der Waals surface area contributed by atoms with Gasteiger partial charge in [0.05, 0.1) is 17.0 Å². The number of nitrogens with one attached hydrogen (secondary N) is 1. The van der Waals surface area contributed by atoms with E-state index in [-0.39, 0.29) is 27.9 Å². The number of aromatic hydroxyl groups is 1. The fraction of sp³-hybridized carbons (Fsp3) is 0.167. The Morgan fingerprint density at radius 3 is 2.76 bits per heavy atom. The van der Waals surface area contributed by atoms with Gasteiger partial charge in [0.25, 0.3) is 0 Å². The number of alkyl halides is 3. The molecule has 2 N–H and O–H groups in total. The number of hydrogen-bond acceptors (Lipinski definition) is 5. The van der Waals surface area contributed by atoms with Gasteiger partial charge in [0.15, 0.2) is 5.17 Å². The second-order valence-electron chi connectivity index (χ2n) is 5.96. The van der Waals surface area contributed by atoms with Crippen molar-refractivity contribution in [2.24, 2.45) is 10.2 Å². The number of halogens is 5. The smallest absolute Gasteiger partial charge is 0.416 e. The molecule has 0 aromatic heterocycles. The fourth-order valence-corrected chi connectivity index (χ4v) is 3.99. The standard InChI is InChI=1S/C18H12BrClF3N3O2S/c19-12-2-4-14(27)10(6-12)8-24-26-17-25-16(28)15(29-17)7-9-5-11(18(21,22)23)1-3-13(9)20/h1-6,8,15,27H,7H2,(H,25,26,28)/b24-8-/t15-/m0/s1. The third kappa shape index (κ3) is 5.52. The van der Waals surface area contributed by atoms with Gasteiger partial charge in [0.2, 0.25) is 5.91 Å². The lowest BCUT2D eigenvalue weighted by molar-refractivity contribution is -0.137. The zero-order valence-corrected chi connectivity index (χ0v) is 17.5. The molecule has 0 unspecified atom stereocenters. The van der Waals surface area contributed by atoms with Crippen LogP contribution >= 0.6 is 39.3 Å². The molecule has 1 aliphatic rings. The zero-order valence-electron chi connectivity index (χ0n) is 14.4. The van der Waals surface area contributed by atoms with Gasteiger partial charge in [0, 0.05) is 15.1 Å². The van der Waals surface area contributed by atoms with Gasteiger partial charge in [-0.2, -0.15) is 18.3 Å². The summed E-state index contributed by atoms with van der Waals surface area (Å²) < 4.78 is 39.4. The Kier molecular flexibility index (Phi) is 6.55. The van der Waals surface area contributed by atoms with Gasteiger partial charge < -0.3 is 10.4 Å². The summed E-state index contributed by atoms with van der Waals surface area (Å²) in [7, 11) is 0. The first-order valence-electron chi connectivity index (χ1n) is 8.06. The molecule has 1 atom stereocenters. The number of nitrogens with zero attached hydrogens (tertiary/aromatic N) is 2. The lowest BCUT2D eigenvalue weighted by Crippen LogP contribution is -2.26. The first kappa shape index (κ1) is 21.7. The summed E-state index contributed by atoms with van der Waals surface area (Å²) in [6.07, 6.45) is -3.17. The molecular weight excluding hydrogens is 495 g/mol. The van der Waals surface area contributed by atoms with Gasteiger partial charge >= 0.3 is 6.18 Å². The summed E-state index contributed by atoms with van der Waals surface area (Å²) in [6.45, 7) is 0. The summed E-state index contributed by atoms with van der Waals surface area (Å²) in [6, 6.07) is 7.79. The van der Waals surface area contributed by atoms with Crippen LogP contribution in [0.4, 0.5) is 13.2 Å². The van der Waals surface area contributed by atoms with Crippen LogP contribution in [0.15, 0.2) is 51.1 Å². The Morgan fingerprint density at radius 2 is 2.03 bits per heavy atom. The number of benzene rings is 2. The molecule has 1 amide bonds. The first-order valence-corrected chi connectivity index (χ1v) is 10.1. The average molecular weight is 507 g/mol. The lowest BCUT2D eigenvalue weighted by atomic mass is 10.1. The number of rotatable bonds is 4. The molecule has 1 heterocycles. The first-order chi connectivity index (χ1) is 13.6. The Morgan fingerprint density at radius 1 is 1.28 bits per heavy atom. The normalized spacial score (nSPS) is 18.6. The number of phenolic OH excluding ortho intramolecular Hbond substituents is 1. The molecule has 0 radical (unpaired) electrons. The molecule has 5 nitrogen and oxygen atoms in total. The lowest BCUT2D eigenvalue weighted by Gasteiger charge is -2.12. The SMILES string of the molecule is O=C1N/C(=N/N=C\c2cc(Br)ccc2O)S[C@H]1Cc1cc(C(F)(F)F)ccc1Cl. The molecule has 29 heavy (non-hydrogen) atoms. The molecule has 0 aliphatic carbocycles. The average Bonchev–Trinajstić information content (AvgIpc) is 2.98. The third-order valence-electron chi connectivity index (χ3n) is 3.89. The predicted octanol–water partition coefficient (Wildman–Crippen LogP) is 4.99. The van der Waals surface area contributed by atoms with Crippen molar-refractivity contribution in [2.75, 3.05) is 0 Å². The maximum atomic E-state index is 12.9. The highest BCUT2D eigenvalue weighted by atomic mass is 79.9. The molecule has 2 aromatic rings. The van der Waals surface area contributed by atoms with E-state index in [1.54, 1.807) is 12.1 Å². The molecule has 2 aromatic carbocycles. The van der Waals surface area contributed by atoms with Crippen molar-refractivity contribution in [3.05, 3.63) is 62.6 Å². The monoisotopic (exact) mass is 505 g/mol. The quantitative estimate of drug-likeness (QED) is 0.453. The molecule has 3 rings (SSSR count). The van der Waals surface area contributed by atoms with Crippen LogP contribution in [-0.4, -0.2) is 27.6 Å². The topological polar surface area (TPSA) is 74.0 Å². The van der Waals surface area contributed by atoms with Crippen molar-refractivity contribution in [3.8, 4) is 5.75 Å². The van der Waals surface area contributed by atoms with Crippen LogP contribution in [0.25, 0.3) is 0 Å². The van der Waals surface area contributed by atoms with Crippen molar-refractivity contribution in [1.29, 1.82) is 0 Å². The van der Waals surface area contributed by atoms with Crippen LogP contribution in [0, 0.1) is 0 Å². The molecule has 11 heteroatoms. The number of hydrogen-bond donors (Lipinski definition) is 2. The van der Waals surface area contributed by atoms with Gasteiger partial charge in [0.1, 0.15) is 5.75 Å². The Balaban J connectivity index is 1.71. The highest BCUT2D eigenvalue weighted by Crippen LogP contribution is 2.33. The number of phenols is 1. The molecule has 1 fully saturated rings. The van der Waals surface area contributed by atoms with Crippen molar-refractivity contribution in [1.82, 2.24) is 5.32 Å². The summed E-state index contributed by atoms with van der Waals surface area (Å²) in [5, 5.41) is 19.7. The minimum atomic E-state index is -4.50. The van der Waals surface area contributed by atoms with Crippen molar-refractivity contribution in [2.45, 2.75) is 17.8 Å². The summed E-state index contributed by atoms with van der Waals surface area (Å²) in [5.41, 5.74) is -0.184. The van der Waals surface area contributed by atoms with E-state index in [2.05, 4.69) is 31.4 Å². The molecule has 0 bridgehead atoms. The molecule has 0 saturated carbocycles. The van der Waals surface area contributed by atoms with E-state index >= 15 is 0 Å². The van der Waals surface area contributed by atoms with E-state index < -0.39 is 22.9 Å². The van der Waals surface area contributed by atoms with Gasteiger partial charge in [-0.05, 0) is 48.4 Å². The summed E-state index contributed by atoms with van der Waals surface area (Å²) in [5.74, 6) is -0.389. The summed E-state index contributed by atoms with van der Waals surface area (Å²) in [4.78, 5) is 12.1. The van der Waals surface area contributed by atoms with E-state index in [4.69, 9.17) is 11.6 Å². The van der Waals surface area contributed by atoms with Crippen molar-refractivity contribution < 1.29 is 23.1 Å². The number of thioether (sulfide) groups is 1. The van der Waals surface area contributed by atoms with E-state index in [0.29, 0.717) is 5.56 Å². The highest BCUT2D eigenvalue weighted by Gasteiger charge is 2.34. The maximum Gasteiger partial charge on any atom is 0.416 e. The number of carbonyl (C=O) groups is 1. The van der Waals surface area contributed by atoms with Crippen molar-refractivity contribution >= 4 is 56.6 Å². The van der Waals surface area contributed by atoms with Crippen LogP contribution in [0.3, 0.4) is 0 Å². The molecule has 152 valence electrons. The number of amidine groups is 1. The van der Waals surface area contributed by atoms with Crippen molar-refractivity contribution in [3.63, 3.8) is 0 Å². The molecule has 1 saturated heterocycles. The van der Waals surface area contributed by atoms with E-state index in [0.717, 1.165) is 28.4 Å². The third-order valence-corrected chi connectivity index (χ3v) is 5.82. The van der Waals surface area contributed by atoms with Gasteiger partial charge in [-0.3, -0.25) is 4.79 Å². The van der Waals surface area contributed by atoms with Crippen LogP contribution < -0.4 is 5.32 Å². The zero-order chi connectivity index (χ0) is 21.2.